The Labute approximate surface area is 114 Å². The van der Waals surface area contributed by atoms with Crippen LogP contribution < -0.4 is 10.6 Å². The van der Waals surface area contributed by atoms with Gasteiger partial charge < -0.3 is 15.7 Å². The first-order valence-corrected chi connectivity index (χ1v) is 6.34. The molecule has 1 aromatic rings. The number of carbonyl (C=O) groups is 2. The monoisotopic (exact) mass is 314 g/mol. The molecule has 1 atom stereocenters. The van der Waals surface area contributed by atoms with Crippen molar-refractivity contribution >= 4 is 33.4 Å². The molecule has 0 unspecified atom stereocenters. The fourth-order valence-electron chi connectivity index (χ4n) is 1.25. The fourth-order valence-corrected chi connectivity index (χ4v) is 1.51. The summed E-state index contributed by atoms with van der Waals surface area (Å²) in [6.07, 6.45) is 0.563. The summed E-state index contributed by atoms with van der Waals surface area (Å²) in [5.41, 5.74) is 0.537. The average molecular weight is 315 g/mol. The normalized spacial score (nSPS) is 11.7. The number of benzene rings is 1. The quantitative estimate of drug-likeness (QED) is 0.732. The van der Waals surface area contributed by atoms with Crippen molar-refractivity contribution in [3.63, 3.8) is 0 Å². The van der Waals surface area contributed by atoms with Crippen molar-refractivity contribution in [2.24, 2.45) is 0 Å². The van der Waals surface area contributed by atoms with Crippen LogP contribution in [0, 0.1) is 0 Å². The maximum Gasteiger partial charge on any atom is 0.313 e. The molecule has 5 nitrogen and oxygen atoms in total. The van der Waals surface area contributed by atoms with Gasteiger partial charge in [0.2, 0.25) is 0 Å². The number of rotatable bonds is 4. The number of hydrogen-bond donors (Lipinski definition) is 3. The van der Waals surface area contributed by atoms with E-state index in [1.165, 1.54) is 0 Å². The second kappa shape index (κ2) is 7.13. The summed E-state index contributed by atoms with van der Waals surface area (Å²) in [6, 6.07) is 6.48. The molecule has 3 N–H and O–H groups in total. The SMILES string of the molecule is CC[C@@H](CO)NC(=O)C(=O)Nc1ccc(Br)cc1. The number of hydrogen-bond acceptors (Lipinski definition) is 3. The summed E-state index contributed by atoms with van der Waals surface area (Å²) >= 11 is 3.27. The van der Waals surface area contributed by atoms with Crippen LogP contribution in [0.15, 0.2) is 28.7 Å². The van der Waals surface area contributed by atoms with Gasteiger partial charge in [0.05, 0.1) is 12.6 Å². The molecule has 98 valence electrons. The van der Waals surface area contributed by atoms with Crippen molar-refractivity contribution in [3.05, 3.63) is 28.7 Å². The van der Waals surface area contributed by atoms with E-state index in [-0.39, 0.29) is 6.61 Å². The van der Waals surface area contributed by atoms with Gasteiger partial charge in [-0.25, -0.2) is 0 Å². The zero-order chi connectivity index (χ0) is 13.5. The summed E-state index contributed by atoms with van der Waals surface area (Å²) in [7, 11) is 0. The summed E-state index contributed by atoms with van der Waals surface area (Å²) in [5.74, 6) is -1.50. The number of anilines is 1. The molecule has 0 aromatic heterocycles. The maximum atomic E-state index is 11.5. The Morgan fingerprint density at radius 2 is 1.89 bits per heavy atom. The Bertz CT molecular complexity index is 416. The first kappa shape index (κ1) is 14.7. The first-order valence-electron chi connectivity index (χ1n) is 5.55. The zero-order valence-electron chi connectivity index (χ0n) is 9.94. The predicted molar refractivity (Wildman–Crippen MR) is 72.1 cm³/mol. The van der Waals surface area contributed by atoms with E-state index in [4.69, 9.17) is 5.11 Å². The molecule has 18 heavy (non-hydrogen) atoms. The molecule has 0 aliphatic carbocycles. The molecule has 0 fully saturated rings. The lowest BCUT2D eigenvalue weighted by Crippen LogP contribution is -2.43. The fraction of sp³-hybridized carbons (Fsp3) is 0.333. The van der Waals surface area contributed by atoms with E-state index in [0.717, 1.165) is 4.47 Å². The summed E-state index contributed by atoms with van der Waals surface area (Å²) in [4.78, 5) is 23.0. The zero-order valence-corrected chi connectivity index (χ0v) is 11.5. The van der Waals surface area contributed by atoms with E-state index in [2.05, 4.69) is 26.6 Å². The van der Waals surface area contributed by atoms with Gasteiger partial charge in [0.25, 0.3) is 0 Å². The van der Waals surface area contributed by atoms with E-state index in [9.17, 15) is 9.59 Å². The van der Waals surface area contributed by atoms with Crippen LogP contribution in [0.1, 0.15) is 13.3 Å². The summed E-state index contributed by atoms with van der Waals surface area (Å²) in [5, 5.41) is 13.8. The Hall–Kier alpha value is -1.40. The number of aliphatic hydroxyl groups excluding tert-OH is 1. The molecule has 0 spiro atoms. The Balaban J connectivity index is 2.54. The Kier molecular flexibility index (Phi) is 5.80. The Morgan fingerprint density at radius 1 is 1.28 bits per heavy atom. The van der Waals surface area contributed by atoms with Crippen LogP contribution >= 0.6 is 15.9 Å². The van der Waals surface area contributed by atoms with Crippen LogP contribution in [0.4, 0.5) is 5.69 Å². The van der Waals surface area contributed by atoms with Crippen molar-refractivity contribution in [2.45, 2.75) is 19.4 Å². The highest BCUT2D eigenvalue weighted by Crippen LogP contribution is 2.13. The molecule has 0 aliphatic heterocycles. The lowest BCUT2D eigenvalue weighted by Gasteiger charge is -2.13. The van der Waals surface area contributed by atoms with E-state index in [1.54, 1.807) is 24.3 Å². The minimum absolute atomic E-state index is 0.187. The molecule has 0 aliphatic rings. The third-order valence-electron chi connectivity index (χ3n) is 2.36. The molecule has 0 saturated heterocycles. The van der Waals surface area contributed by atoms with Gasteiger partial charge in [-0.15, -0.1) is 0 Å². The van der Waals surface area contributed by atoms with Gasteiger partial charge >= 0.3 is 11.8 Å². The van der Waals surface area contributed by atoms with Crippen molar-refractivity contribution in [3.8, 4) is 0 Å². The lowest BCUT2D eigenvalue weighted by molar-refractivity contribution is -0.136. The molecule has 2 amide bonds. The molecule has 0 bridgehead atoms. The van der Waals surface area contributed by atoms with Gasteiger partial charge in [0, 0.05) is 10.2 Å². The minimum atomic E-state index is -0.751. The van der Waals surface area contributed by atoms with Crippen LogP contribution in [0.5, 0.6) is 0 Å². The molecule has 0 heterocycles. The van der Waals surface area contributed by atoms with Gasteiger partial charge in [-0.1, -0.05) is 22.9 Å². The van der Waals surface area contributed by atoms with Gasteiger partial charge in [-0.3, -0.25) is 9.59 Å². The summed E-state index contributed by atoms with van der Waals surface area (Å²) < 4.78 is 0.885. The van der Waals surface area contributed by atoms with Gasteiger partial charge in [-0.2, -0.15) is 0 Å². The van der Waals surface area contributed by atoms with Crippen LogP contribution in [0.25, 0.3) is 0 Å². The van der Waals surface area contributed by atoms with Crippen LogP contribution in [0.2, 0.25) is 0 Å². The minimum Gasteiger partial charge on any atom is -0.394 e. The maximum absolute atomic E-state index is 11.5. The van der Waals surface area contributed by atoms with E-state index in [1.807, 2.05) is 6.92 Å². The number of nitrogens with one attached hydrogen (secondary N) is 2. The van der Waals surface area contributed by atoms with E-state index < -0.39 is 17.9 Å². The van der Waals surface area contributed by atoms with Crippen LogP contribution in [0.3, 0.4) is 0 Å². The number of aliphatic hydroxyl groups is 1. The van der Waals surface area contributed by atoms with Crippen LogP contribution in [-0.2, 0) is 9.59 Å². The van der Waals surface area contributed by atoms with E-state index >= 15 is 0 Å². The molecule has 1 aromatic carbocycles. The van der Waals surface area contributed by atoms with Crippen molar-refractivity contribution < 1.29 is 14.7 Å². The second-order valence-corrected chi connectivity index (χ2v) is 4.64. The predicted octanol–water partition coefficient (Wildman–Crippen LogP) is 1.27. The highest BCUT2D eigenvalue weighted by molar-refractivity contribution is 9.10. The van der Waals surface area contributed by atoms with Crippen molar-refractivity contribution in [2.75, 3.05) is 11.9 Å². The van der Waals surface area contributed by atoms with Gasteiger partial charge in [-0.05, 0) is 30.7 Å². The highest BCUT2D eigenvalue weighted by Gasteiger charge is 2.17. The average Bonchev–Trinajstić information content (AvgIpc) is 2.38. The highest BCUT2D eigenvalue weighted by atomic mass is 79.9. The largest absolute Gasteiger partial charge is 0.394 e. The third kappa shape index (κ3) is 4.46. The number of amides is 2. The first-order chi connectivity index (χ1) is 8.56. The topological polar surface area (TPSA) is 78.4 Å². The molecule has 1 rings (SSSR count). The van der Waals surface area contributed by atoms with Crippen molar-refractivity contribution in [1.82, 2.24) is 5.32 Å². The van der Waals surface area contributed by atoms with Crippen molar-refractivity contribution in [1.29, 1.82) is 0 Å². The molecule has 6 heteroatoms. The molecule has 0 saturated carbocycles. The van der Waals surface area contributed by atoms with Gasteiger partial charge in [0.1, 0.15) is 0 Å². The van der Waals surface area contributed by atoms with Crippen LogP contribution in [-0.4, -0.2) is 29.6 Å². The Morgan fingerprint density at radius 3 is 2.39 bits per heavy atom. The molecular weight excluding hydrogens is 300 g/mol. The van der Waals surface area contributed by atoms with Gasteiger partial charge in [0.15, 0.2) is 0 Å². The molecular formula is C12H15BrN2O3. The second-order valence-electron chi connectivity index (χ2n) is 3.72. The third-order valence-corrected chi connectivity index (χ3v) is 2.89. The number of carbonyl (C=O) groups excluding carboxylic acids is 2. The smallest absolute Gasteiger partial charge is 0.313 e. The van der Waals surface area contributed by atoms with E-state index in [0.29, 0.717) is 12.1 Å². The summed E-state index contributed by atoms with van der Waals surface area (Å²) in [6.45, 7) is 1.63. The standard InChI is InChI=1S/C12H15BrN2O3/c1-2-9(7-16)14-11(17)12(18)15-10-5-3-8(13)4-6-10/h3-6,9,16H,2,7H2,1H3,(H,14,17)(H,15,18)/t9-/m0/s1. The molecule has 0 radical (unpaired) electrons. The number of halogens is 1. The lowest BCUT2D eigenvalue weighted by atomic mass is 10.2.